The van der Waals surface area contributed by atoms with Crippen LogP contribution in [0.5, 0.6) is 0 Å². The van der Waals surface area contributed by atoms with Crippen molar-refractivity contribution in [3.8, 4) is 0 Å². The van der Waals surface area contributed by atoms with Crippen LogP contribution in [0.1, 0.15) is 62.6 Å². The second-order valence-corrected chi connectivity index (χ2v) is 9.07. The van der Waals surface area contributed by atoms with Gasteiger partial charge in [-0.15, -0.1) is 0 Å². The van der Waals surface area contributed by atoms with E-state index >= 15 is 0 Å². The van der Waals surface area contributed by atoms with Gasteiger partial charge >= 0.3 is 11.9 Å². The molecule has 11 heteroatoms. The topological polar surface area (TPSA) is 123 Å². The molecule has 1 aliphatic rings. The lowest BCUT2D eigenvalue weighted by atomic mass is 10.0. The van der Waals surface area contributed by atoms with Gasteiger partial charge in [0.1, 0.15) is 12.2 Å². The number of halogens is 1. The number of anilines is 1. The molecule has 0 unspecified atom stereocenters. The summed E-state index contributed by atoms with van der Waals surface area (Å²) in [6, 6.07) is 13.7. The number of pyridine rings is 1. The largest absolute Gasteiger partial charge is 0.466 e. The van der Waals surface area contributed by atoms with E-state index in [2.05, 4.69) is 4.98 Å². The fourth-order valence-electron chi connectivity index (χ4n) is 4.44. The molecule has 2 heterocycles. The van der Waals surface area contributed by atoms with Crippen LogP contribution in [-0.4, -0.2) is 65.8 Å². The first kappa shape index (κ1) is 29.1. The van der Waals surface area contributed by atoms with Crippen LogP contribution in [0.2, 0.25) is 0 Å². The minimum absolute atomic E-state index is 0.0361. The normalized spacial score (nSPS) is 12.2. The van der Waals surface area contributed by atoms with E-state index in [4.69, 9.17) is 9.47 Å². The van der Waals surface area contributed by atoms with Crippen LogP contribution in [0.4, 0.5) is 10.1 Å². The molecule has 3 amide bonds. The third kappa shape index (κ3) is 6.63. The predicted octanol–water partition coefficient (Wildman–Crippen LogP) is 3.57. The number of carbonyl (C=O) groups excluding carboxylic acids is 5. The van der Waals surface area contributed by atoms with Crippen molar-refractivity contribution >= 4 is 35.3 Å². The molecule has 0 radical (unpaired) electrons. The Balaban J connectivity index is 1.70. The van der Waals surface area contributed by atoms with E-state index in [1.165, 1.54) is 18.3 Å². The monoisotopic (exact) mass is 561 g/mol. The molecule has 0 bridgehead atoms. The SMILES string of the molecule is CCOC(=O)CC(=O)N(CCN1C(=O)c2ccccc2C1=O)c1cc(Cc2ccc(F)cc2)cnc1C(=O)OCC. The highest BCUT2D eigenvalue weighted by Gasteiger charge is 2.36. The number of hydrogen-bond acceptors (Lipinski definition) is 8. The second kappa shape index (κ2) is 12.9. The highest BCUT2D eigenvalue weighted by atomic mass is 19.1. The first-order chi connectivity index (χ1) is 19.7. The molecule has 1 aromatic heterocycles. The summed E-state index contributed by atoms with van der Waals surface area (Å²) in [5.41, 5.74) is 1.67. The lowest BCUT2D eigenvalue weighted by molar-refractivity contribution is -0.145. The Bertz CT molecular complexity index is 1450. The summed E-state index contributed by atoms with van der Waals surface area (Å²) in [6.45, 7) is 2.87. The fraction of sp³-hybridized carbons (Fsp3) is 0.267. The van der Waals surface area contributed by atoms with Gasteiger partial charge in [0.15, 0.2) is 5.69 Å². The summed E-state index contributed by atoms with van der Waals surface area (Å²) in [4.78, 5) is 70.9. The maximum atomic E-state index is 13.5. The zero-order valence-electron chi connectivity index (χ0n) is 22.6. The molecular formula is C30H28FN3O7. The van der Waals surface area contributed by atoms with Gasteiger partial charge in [-0.05, 0) is 61.7 Å². The van der Waals surface area contributed by atoms with Crippen molar-refractivity contribution in [2.75, 3.05) is 31.2 Å². The molecule has 0 fully saturated rings. The molecule has 0 spiro atoms. The molecule has 4 rings (SSSR count). The summed E-state index contributed by atoms with van der Waals surface area (Å²) < 4.78 is 23.5. The Morgan fingerprint density at radius 3 is 2.15 bits per heavy atom. The number of benzene rings is 2. The standard InChI is InChI=1S/C30H28FN3O7/c1-3-40-26(36)17-25(35)33(13-14-34-28(37)22-7-5-6-8-23(22)29(34)38)24-16-20(15-19-9-11-21(31)12-10-19)18-32-27(24)30(39)41-4-2/h5-12,16,18H,3-4,13-15,17H2,1-2H3. The number of carbonyl (C=O) groups is 5. The van der Waals surface area contributed by atoms with Gasteiger partial charge in [-0.1, -0.05) is 24.3 Å². The van der Waals surface area contributed by atoms with Gasteiger partial charge in [0.05, 0.1) is 30.0 Å². The third-order valence-electron chi connectivity index (χ3n) is 6.33. The van der Waals surface area contributed by atoms with Crippen LogP contribution in [-0.2, 0) is 25.5 Å². The van der Waals surface area contributed by atoms with Crippen LogP contribution in [0, 0.1) is 5.82 Å². The molecule has 0 atom stereocenters. The first-order valence-corrected chi connectivity index (χ1v) is 13.0. The average Bonchev–Trinajstić information content (AvgIpc) is 3.19. The van der Waals surface area contributed by atoms with Gasteiger partial charge in [-0.2, -0.15) is 0 Å². The van der Waals surface area contributed by atoms with Crippen molar-refractivity contribution in [3.63, 3.8) is 0 Å². The van der Waals surface area contributed by atoms with Crippen LogP contribution < -0.4 is 4.90 Å². The minimum atomic E-state index is -0.800. The van der Waals surface area contributed by atoms with Crippen molar-refractivity contribution in [3.05, 3.63) is 94.6 Å². The Labute approximate surface area is 235 Å². The summed E-state index contributed by atoms with van der Waals surface area (Å²) in [5, 5.41) is 0. The number of nitrogens with zero attached hydrogens (tertiary/aromatic N) is 3. The van der Waals surface area contributed by atoms with Gasteiger partial charge in [-0.25, -0.2) is 14.2 Å². The summed E-state index contributed by atoms with van der Waals surface area (Å²) in [6.07, 6.45) is 1.08. The molecule has 0 saturated carbocycles. The van der Waals surface area contributed by atoms with Crippen LogP contribution in [0.15, 0.2) is 60.8 Å². The van der Waals surface area contributed by atoms with Crippen molar-refractivity contribution in [1.29, 1.82) is 0 Å². The van der Waals surface area contributed by atoms with Crippen molar-refractivity contribution in [2.45, 2.75) is 26.7 Å². The number of ether oxygens (including phenoxy) is 2. The zero-order chi connectivity index (χ0) is 29.5. The molecule has 41 heavy (non-hydrogen) atoms. The Kier molecular flexibility index (Phi) is 9.18. The zero-order valence-corrected chi connectivity index (χ0v) is 22.6. The Hall–Kier alpha value is -4.93. The molecule has 0 saturated heterocycles. The van der Waals surface area contributed by atoms with Crippen molar-refractivity contribution in [1.82, 2.24) is 9.88 Å². The maximum absolute atomic E-state index is 13.5. The van der Waals surface area contributed by atoms with E-state index in [9.17, 15) is 28.4 Å². The predicted molar refractivity (Wildman–Crippen MR) is 145 cm³/mol. The first-order valence-electron chi connectivity index (χ1n) is 13.0. The van der Waals surface area contributed by atoms with Crippen LogP contribution >= 0.6 is 0 Å². The van der Waals surface area contributed by atoms with E-state index in [-0.39, 0.29) is 48.8 Å². The maximum Gasteiger partial charge on any atom is 0.359 e. The van der Waals surface area contributed by atoms with E-state index < -0.39 is 41.9 Å². The number of amides is 3. The average molecular weight is 562 g/mol. The smallest absolute Gasteiger partial charge is 0.359 e. The minimum Gasteiger partial charge on any atom is -0.466 e. The lowest BCUT2D eigenvalue weighted by Gasteiger charge is -2.26. The number of imide groups is 1. The molecule has 2 aromatic carbocycles. The fourth-order valence-corrected chi connectivity index (χ4v) is 4.44. The van der Waals surface area contributed by atoms with Crippen molar-refractivity contribution in [2.24, 2.45) is 0 Å². The van der Waals surface area contributed by atoms with E-state index in [0.717, 1.165) is 15.4 Å². The van der Waals surface area contributed by atoms with Gasteiger partial charge in [0, 0.05) is 19.3 Å². The van der Waals surface area contributed by atoms with Gasteiger partial charge < -0.3 is 14.4 Å². The van der Waals surface area contributed by atoms with Crippen LogP contribution in [0.3, 0.4) is 0 Å². The quantitative estimate of drug-likeness (QED) is 0.198. The molecular weight excluding hydrogens is 533 g/mol. The van der Waals surface area contributed by atoms with E-state index in [1.807, 2.05) is 0 Å². The number of hydrogen-bond donors (Lipinski definition) is 0. The van der Waals surface area contributed by atoms with E-state index in [1.54, 1.807) is 56.3 Å². The molecule has 10 nitrogen and oxygen atoms in total. The Morgan fingerprint density at radius 2 is 1.54 bits per heavy atom. The molecule has 0 aliphatic carbocycles. The number of fused-ring (bicyclic) bond motifs is 1. The second-order valence-electron chi connectivity index (χ2n) is 9.07. The molecule has 212 valence electrons. The third-order valence-corrected chi connectivity index (χ3v) is 6.33. The van der Waals surface area contributed by atoms with Crippen LogP contribution in [0.25, 0.3) is 0 Å². The van der Waals surface area contributed by atoms with Gasteiger partial charge in [-0.3, -0.25) is 24.1 Å². The lowest BCUT2D eigenvalue weighted by Crippen LogP contribution is -2.42. The molecule has 3 aromatic rings. The highest BCUT2D eigenvalue weighted by molar-refractivity contribution is 6.21. The van der Waals surface area contributed by atoms with Crippen molar-refractivity contribution < 1.29 is 37.8 Å². The highest BCUT2D eigenvalue weighted by Crippen LogP contribution is 2.26. The molecule has 0 N–H and O–H groups in total. The van der Waals surface area contributed by atoms with Gasteiger partial charge in [0.25, 0.3) is 11.8 Å². The Morgan fingerprint density at radius 1 is 0.902 bits per heavy atom. The van der Waals surface area contributed by atoms with E-state index in [0.29, 0.717) is 12.0 Å². The summed E-state index contributed by atoms with van der Waals surface area (Å²) in [5.74, 6) is -3.74. The summed E-state index contributed by atoms with van der Waals surface area (Å²) >= 11 is 0. The molecule has 1 aliphatic heterocycles. The number of esters is 2. The number of aromatic nitrogens is 1. The van der Waals surface area contributed by atoms with Gasteiger partial charge in [0.2, 0.25) is 5.91 Å². The summed E-state index contributed by atoms with van der Waals surface area (Å²) in [7, 11) is 0. The number of rotatable bonds is 11.